The quantitative estimate of drug-likeness (QED) is 0.775. The van der Waals surface area contributed by atoms with Crippen molar-refractivity contribution < 1.29 is 5.11 Å². The molecule has 1 N–H and O–H groups in total. The summed E-state index contributed by atoms with van der Waals surface area (Å²) in [6.07, 6.45) is 2.23. The lowest BCUT2D eigenvalue weighted by atomic mass is 10.1. The number of likely N-dealkylation sites (N-methyl/N-ethyl adjacent to an activating group) is 1. The maximum atomic E-state index is 9.72. The zero-order valence-corrected chi connectivity index (χ0v) is 9.35. The van der Waals surface area contributed by atoms with Gasteiger partial charge in [-0.2, -0.15) is 5.10 Å². The largest absolute Gasteiger partial charge is 0.385 e. The molecule has 1 atom stereocenters. The van der Waals surface area contributed by atoms with Crippen LogP contribution in [0.4, 0.5) is 0 Å². The lowest BCUT2D eigenvalue weighted by molar-refractivity contribution is 0.130. The molecule has 0 aliphatic carbocycles. The van der Waals surface area contributed by atoms with Crippen molar-refractivity contribution in [3.63, 3.8) is 0 Å². The van der Waals surface area contributed by atoms with Gasteiger partial charge in [0.15, 0.2) is 11.6 Å². The SMILES string of the molecule is CN(C)CCc1nc2n(n1)CCCC2O. The van der Waals surface area contributed by atoms with Gasteiger partial charge in [-0.05, 0) is 26.9 Å². The van der Waals surface area contributed by atoms with Crippen LogP contribution in [-0.4, -0.2) is 45.4 Å². The van der Waals surface area contributed by atoms with Crippen LogP contribution in [0.15, 0.2) is 0 Å². The van der Waals surface area contributed by atoms with E-state index in [9.17, 15) is 5.11 Å². The fraction of sp³-hybridized carbons (Fsp3) is 0.800. The van der Waals surface area contributed by atoms with Gasteiger partial charge >= 0.3 is 0 Å². The summed E-state index contributed by atoms with van der Waals surface area (Å²) >= 11 is 0. The van der Waals surface area contributed by atoms with Crippen LogP contribution in [0.5, 0.6) is 0 Å². The normalized spacial score (nSPS) is 20.7. The van der Waals surface area contributed by atoms with Crippen molar-refractivity contribution >= 4 is 0 Å². The Morgan fingerprint density at radius 3 is 3.00 bits per heavy atom. The smallest absolute Gasteiger partial charge is 0.156 e. The molecule has 15 heavy (non-hydrogen) atoms. The van der Waals surface area contributed by atoms with E-state index >= 15 is 0 Å². The summed E-state index contributed by atoms with van der Waals surface area (Å²) in [5, 5.41) is 14.1. The van der Waals surface area contributed by atoms with E-state index in [0.29, 0.717) is 0 Å². The third-order valence-electron chi connectivity index (χ3n) is 2.67. The molecular formula is C10H18N4O. The summed E-state index contributed by atoms with van der Waals surface area (Å²) in [6, 6.07) is 0. The molecule has 0 fully saturated rings. The van der Waals surface area contributed by atoms with Gasteiger partial charge in [0.05, 0.1) is 0 Å². The molecule has 1 aliphatic heterocycles. The molecule has 2 heterocycles. The summed E-state index contributed by atoms with van der Waals surface area (Å²) in [5.41, 5.74) is 0. The third kappa shape index (κ3) is 2.35. The lowest BCUT2D eigenvalue weighted by Crippen LogP contribution is -2.16. The maximum Gasteiger partial charge on any atom is 0.156 e. The average Bonchev–Trinajstić information content (AvgIpc) is 2.59. The Bertz CT molecular complexity index is 334. The van der Waals surface area contributed by atoms with Gasteiger partial charge in [0.25, 0.3) is 0 Å². The van der Waals surface area contributed by atoms with Crippen LogP contribution in [-0.2, 0) is 13.0 Å². The first-order chi connectivity index (χ1) is 7.16. The molecule has 5 nitrogen and oxygen atoms in total. The summed E-state index contributed by atoms with van der Waals surface area (Å²) in [4.78, 5) is 6.49. The molecule has 1 aromatic heterocycles. The van der Waals surface area contributed by atoms with Crippen LogP contribution in [0.1, 0.15) is 30.6 Å². The Morgan fingerprint density at radius 2 is 2.33 bits per heavy atom. The van der Waals surface area contributed by atoms with Gasteiger partial charge in [-0.1, -0.05) is 0 Å². The standard InChI is InChI=1S/C10H18N4O/c1-13(2)7-5-9-11-10-8(15)4-3-6-14(10)12-9/h8,15H,3-7H2,1-2H3. The fourth-order valence-corrected chi connectivity index (χ4v) is 1.81. The molecular weight excluding hydrogens is 192 g/mol. The molecule has 0 saturated carbocycles. The van der Waals surface area contributed by atoms with Gasteiger partial charge < -0.3 is 10.0 Å². The van der Waals surface area contributed by atoms with E-state index in [1.807, 2.05) is 18.8 Å². The monoisotopic (exact) mass is 210 g/mol. The molecule has 0 amide bonds. The Morgan fingerprint density at radius 1 is 1.53 bits per heavy atom. The summed E-state index contributed by atoms with van der Waals surface area (Å²) in [7, 11) is 4.07. The maximum absolute atomic E-state index is 9.72. The number of hydrogen-bond acceptors (Lipinski definition) is 4. The van der Waals surface area contributed by atoms with Crippen molar-refractivity contribution in [3.05, 3.63) is 11.6 Å². The molecule has 1 aromatic rings. The van der Waals surface area contributed by atoms with E-state index in [1.165, 1.54) is 0 Å². The number of nitrogens with zero attached hydrogens (tertiary/aromatic N) is 4. The minimum Gasteiger partial charge on any atom is -0.385 e. The molecule has 1 aliphatic rings. The highest BCUT2D eigenvalue weighted by Crippen LogP contribution is 2.22. The van der Waals surface area contributed by atoms with Crippen LogP contribution in [0.25, 0.3) is 0 Å². The lowest BCUT2D eigenvalue weighted by Gasteiger charge is -2.16. The number of rotatable bonds is 3. The van der Waals surface area contributed by atoms with Gasteiger partial charge in [-0.25, -0.2) is 9.67 Å². The molecule has 0 saturated heterocycles. The predicted octanol–water partition coefficient (Wildman–Crippen LogP) is 0.209. The van der Waals surface area contributed by atoms with Gasteiger partial charge in [0.2, 0.25) is 0 Å². The summed E-state index contributed by atoms with van der Waals surface area (Å²) in [6.45, 7) is 1.83. The number of aliphatic hydroxyl groups is 1. The van der Waals surface area contributed by atoms with Crippen LogP contribution in [0.2, 0.25) is 0 Å². The van der Waals surface area contributed by atoms with E-state index < -0.39 is 6.10 Å². The van der Waals surface area contributed by atoms with E-state index in [2.05, 4.69) is 15.0 Å². The fourth-order valence-electron chi connectivity index (χ4n) is 1.81. The molecule has 1 unspecified atom stereocenters. The number of hydrogen-bond donors (Lipinski definition) is 1. The highest BCUT2D eigenvalue weighted by molar-refractivity contribution is 4.99. The molecule has 0 radical (unpaired) electrons. The first kappa shape index (κ1) is 10.6. The van der Waals surface area contributed by atoms with Crippen molar-refractivity contribution in [2.75, 3.05) is 20.6 Å². The topological polar surface area (TPSA) is 54.2 Å². The van der Waals surface area contributed by atoms with Crippen molar-refractivity contribution in [2.24, 2.45) is 0 Å². The molecule has 0 spiro atoms. The molecule has 5 heteroatoms. The number of aryl methyl sites for hydroxylation is 1. The predicted molar refractivity (Wildman–Crippen MR) is 56.5 cm³/mol. The van der Waals surface area contributed by atoms with Crippen LogP contribution >= 0.6 is 0 Å². The van der Waals surface area contributed by atoms with Crippen molar-refractivity contribution in [3.8, 4) is 0 Å². The van der Waals surface area contributed by atoms with Gasteiger partial charge in [-0.3, -0.25) is 0 Å². The Hall–Kier alpha value is -0.940. The van der Waals surface area contributed by atoms with Crippen molar-refractivity contribution in [2.45, 2.75) is 31.9 Å². The second-order valence-electron chi connectivity index (χ2n) is 4.32. The minimum absolute atomic E-state index is 0.417. The van der Waals surface area contributed by atoms with Crippen LogP contribution < -0.4 is 0 Å². The van der Waals surface area contributed by atoms with Crippen LogP contribution in [0, 0.1) is 0 Å². The zero-order chi connectivity index (χ0) is 10.8. The second kappa shape index (κ2) is 4.28. The number of aromatic nitrogens is 3. The Kier molecular flexibility index (Phi) is 3.02. The highest BCUT2D eigenvalue weighted by atomic mass is 16.3. The van der Waals surface area contributed by atoms with Crippen LogP contribution in [0.3, 0.4) is 0 Å². The molecule has 2 rings (SSSR count). The summed E-state index contributed by atoms with van der Waals surface area (Å²) in [5.74, 6) is 1.59. The van der Waals surface area contributed by atoms with E-state index in [1.54, 1.807) is 0 Å². The summed E-state index contributed by atoms with van der Waals surface area (Å²) < 4.78 is 1.85. The molecule has 84 valence electrons. The molecule has 0 aromatic carbocycles. The Balaban J connectivity index is 2.08. The van der Waals surface area contributed by atoms with E-state index in [0.717, 1.165) is 44.0 Å². The Labute approximate surface area is 89.7 Å². The number of fused-ring (bicyclic) bond motifs is 1. The van der Waals surface area contributed by atoms with Crippen molar-refractivity contribution in [1.29, 1.82) is 0 Å². The average molecular weight is 210 g/mol. The first-order valence-electron chi connectivity index (χ1n) is 5.43. The third-order valence-corrected chi connectivity index (χ3v) is 2.67. The van der Waals surface area contributed by atoms with Gasteiger partial charge in [0.1, 0.15) is 6.10 Å². The zero-order valence-electron chi connectivity index (χ0n) is 9.35. The minimum atomic E-state index is -0.417. The van der Waals surface area contributed by atoms with E-state index in [-0.39, 0.29) is 0 Å². The molecule has 0 bridgehead atoms. The second-order valence-corrected chi connectivity index (χ2v) is 4.32. The van der Waals surface area contributed by atoms with Crippen molar-refractivity contribution in [1.82, 2.24) is 19.7 Å². The van der Waals surface area contributed by atoms with Gasteiger partial charge in [-0.15, -0.1) is 0 Å². The van der Waals surface area contributed by atoms with E-state index in [4.69, 9.17) is 0 Å². The van der Waals surface area contributed by atoms with Gasteiger partial charge in [0, 0.05) is 19.5 Å². The first-order valence-corrected chi connectivity index (χ1v) is 5.43. The highest BCUT2D eigenvalue weighted by Gasteiger charge is 2.21. The number of aliphatic hydroxyl groups excluding tert-OH is 1.